The molecule has 32 heavy (non-hydrogen) atoms. The first-order valence-electron chi connectivity index (χ1n) is 10.2. The summed E-state index contributed by atoms with van der Waals surface area (Å²) in [4.78, 5) is 27.4. The van der Waals surface area contributed by atoms with Crippen LogP contribution >= 0.6 is 23.2 Å². The first-order valence-corrected chi connectivity index (χ1v) is 10.9. The maximum atomic E-state index is 13.2. The molecule has 1 aliphatic heterocycles. The number of rotatable bonds is 7. The fraction of sp³-hybridized carbons (Fsp3) is 0.333. The number of esters is 1. The Hall–Kier alpha value is -2.54. The monoisotopic (exact) mass is 476 g/mol. The molecule has 0 radical (unpaired) electrons. The molecule has 3 rings (SSSR count). The van der Waals surface area contributed by atoms with E-state index in [1.807, 2.05) is 30.5 Å². The van der Waals surface area contributed by atoms with Gasteiger partial charge in [-0.1, -0.05) is 23.2 Å². The van der Waals surface area contributed by atoms with Crippen LogP contribution in [0.1, 0.15) is 30.3 Å². The Balaban J connectivity index is 2.08. The van der Waals surface area contributed by atoms with Crippen LogP contribution in [-0.2, 0) is 19.1 Å². The number of amides is 1. The van der Waals surface area contributed by atoms with Crippen molar-refractivity contribution >= 4 is 41.2 Å². The Kier molecular flexibility index (Phi) is 7.49. The van der Waals surface area contributed by atoms with Gasteiger partial charge in [0.1, 0.15) is 0 Å². The lowest BCUT2D eigenvalue weighted by Crippen LogP contribution is -2.26. The number of aromatic nitrogens is 1. The van der Waals surface area contributed by atoms with Gasteiger partial charge < -0.3 is 18.9 Å². The van der Waals surface area contributed by atoms with E-state index in [9.17, 15) is 9.59 Å². The van der Waals surface area contributed by atoms with Crippen molar-refractivity contribution in [2.24, 2.45) is 0 Å². The molecule has 0 saturated heterocycles. The lowest BCUT2D eigenvalue weighted by Gasteiger charge is -2.17. The van der Waals surface area contributed by atoms with E-state index in [-0.39, 0.29) is 11.5 Å². The van der Waals surface area contributed by atoms with Crippen molar-refractivity contribution in [3.63, 3.8) is 0 Å². The van der Waals surface area contributed by atoms with Gasteiger partial charge in [0.05, 0.1) is 29.0 Å². The van der Waals surface area contributed by atoms with E-state index in [0.717, 1.165) is 22.6 Å². The molecule has 0 unspecified atom stereocenters. The number of hydrogen-bond donors (Lipinski definition) is 0. The normalized spacial score (nSPS) is 15.3. The average molecular weight is 477 g/mol. The number of carbonyl (C=O) groups is 2. The zero-order chi connectivity index (χ0) is 23.6. The highest BCUT2D eigenvalue weighted by molar-refractivity contribution is 6.35. The molecule has 0 aliphatic carbocycles. The quantitative estimate of drug-likeness (QED) is 0.316. The predicted octanol–water partition coefficient (Wildman–Crippen LogP) is 5.11. The van der Waals surface area contributed by atoms with Crippen molar-refractivity contribution in [1.29, 1.82) is 0 Å². The molecule has 1 amide bonds. The second kappa shape index (κ2) is 9.94. The number of halogens is 2. The molecule has 2 aromatic rings. The molecule has 0 fully saturated rings. The van der Waals surface area contributed by atoms with Crippen LogP contribution in [0.2, 0.25) is 10.0 Å². The highest BCUT2D eigenvalue weighted by Crippen LogP contribution is 2.34. The van der Waals surface area contributed by atoms with Crippen molar-refractivity contribution in [3.05, 3.63) is 68.1 Å². The minimum absolute atomic E-state index is 0.228. The Morgan fingerprint density at radius 3 is 2.47 bits per heavy atom. The fourth-order valence-electron chi connectivity index (χ4n) is 3.99. The van der Waals surface area contributed by atoms with Gasteiger partial charge in [0.15, 0.2) is 0 Å². The van der Waals surface area contributed by atoms with Crippen molar-refractivity contribution in [2.75, 3.05) is 27.4 Å². The minimum atomic E-state index is -0.536. The summed E-state index contributed by atoms with van der Waals surface area (Å²) in [5, 5.41) is 1.07. The molecule has 1 aromatic carbocycles. The smallest absolute Gasteiger partial charge is 0.340 e. The number of allylic oxidation sites excluding steroid dienone is 1. The maximum absolute atomic E-state index is 13.2. The van der Waals surface area contributed by atoms with Crippen molar-refractivity contribution in [2.45, 2.75) is 27.2 Å². The molecule has 0 bridgehead atoms. The van der Waals surface area contributed by atoms with E-state index < -0.39 is 5.97 Å². The molecule has 0 spiro atoms. The zero-order valence-corrected chi connectivity index (χ0v) is 20.3. The van der Waals surface area contributed by atoms with Crippen LogP contribution in [0.5, 0.6) is 0 Å². The van der Waals surface area contributed by atoms with Crippen molar-refractivity contribution < 1.29 is 19.1 Å². The first kappa shape index (κ1) is 24.1. The van der Waals surface area contributed by atoms with Crippen LogP contribution in [-0.4, -0.2) is 48.7 Å². The molecule has 2 heterocycles. The predicted molar refractivity (Wildman–Crippen MR) is 126 cm³/mol. The first-order chi connectivity index (χ1) is 15.2. The summed E-state index contributed by atoms with van der Waals surface area (Å²) in [5.41, 5.74) is 4.59. The van der Waals surface area contributed by atoms with Gasteiger partial charge in [-0.3, -0.25) is 4.79 Å². The summed E-state index contributed by atoms with van der Waals surface area (Å²) < 4.78 is 12.1. The van der Waals surface area contributed by atoms with Gasteiger partial charge in [-0.2, -0.15) is 0 Å². The average Bonchev–Trinajstić information content (AvgIpc) is 3.15. The van der Waals surface area contributed by atoms with Gasteiger partial charge in [0, 0.05) is 42.4 Å². The molecule has 0 saturated carbocycles. The Morgan fingerprint density at radius 1 is 1.12 bits per heavy atom. The maximum Gasteiger partial charge on any atom is 0.340 e. The van der Waals surface area contributed by atoms with Crippen LogP contribution in [0, 0.1) is 13.8 Å². The molecule has 0 atom stereocenters. The molecule has 6 nitrogen and oxygen atoms in total. The van der Waals surface area contributed by atoms with Crippen LogP contribution < -0.4 is 0 Å². The molecular weight excluding hydrogens is 451 g/mol. The third kappa shape index (κ3) is 4.49. The Morgan fingerprint density at radius 2 is 1.84 bits per heavy atom. The van der Waals surface area contributed by atoms with E-state index in [0.29, 0.717) is 40.9 Å². The molecule has 1 aromatic heterocycles. The third-order valence-corrected chi connectivity index (χ3v) is 6.09. The van der Waals surface area contributed by atoms with Gasteiger partial charge in [-0.15, -0.1) is 0 Å². The summed E-state index contributed by atoms with van der Waals surface area (Å²) in [5.74, 6) is -0.765. The number of nitrogens with zero attached hydrogens (tertiary/aromatic N) is 2. The van der Waals surface area contributed by atoms with E-state index >= 15 is 0 Å². The second-order valence-electron chi connectivity index (χ2n) is 7.57. The van der Waals surface area contributed by atoms with Gasteiger partial charge in [0.25, 0.3) is 5.91 Å². The van der Waals surface area contributed by atoms with E-state index in [2.05, 4.69) is 0 Å². The zero-order valence-electron chi connectivity index (χ0n) is 18.8. The molecule has 8 heteroatoms. The van der Waals surface area contributed by atoms with Crippen LogP contribution in [0.25, 0.3) is 11.8 Å². The third-order valence-electron chi connectivity index (χ3n) is 5.55. The minimum Gasteiger partial charge on any atom is -0.465 e. The topological polar surface area (TPSA) is 60.8 Å². The summed E-state index contributed by atoms with van der Waals surface area (Å²) >= 11 is 12.5. The van der Waals surface area contributed by atoms with Gasteiger partial charge >= 0.3 is 5.97 Å². The molecule has 1 aliphatic rings. The number of aryl methyl sites for hydroxylation is 1. The lowest BCUT2D eigenvalue weighted by molar-refractivity contribution is -0.136. The van der Waals surface area contributed by atoms with Crippen molar-refractivity contribution in [3.8, 4) is 5.69 Å². The number of benzene rings is 1. The molecular formula is C24H26Cl2N2O4. The molecule has 0 N–H and O–H groups in total. The van der Waals surface area contributed by atoms with Gasteiger partial charge in [-0.25, -0.2) is 4.79 Å². The summed E-state index contributed by atoms with van der Waals surface area (Å²) in [7, 11) is 2.93. The summed E-state index contributed by atoms with van der Waals surface area (Å²) in [6.07, 6.45) is 2.40. The molecule has 170 valence electrons. The van der Waals surface area contributed by atoms with Gasteiger partial charge in [0.2, 0.25) is 0 Å². The number of ether oxygens (including phenoxy) is 2. The highest BCUT2D eigenvalue weighted by atomic mass is 35.5. The number of carbonyl (C=O) groups excluding carboxylic acids is 2. The van der Waals surface area contributed by atoms with Crippen LogP contribution in [0.3, 0.4) is 0 Å². The second-order valence-corrected chi connectivity index (χ2v) is 8.41. The number of hydrogen-bond acceptors (Lipinski definition) is 4. The van der Waals surface area contributed by atoms with Crippen LogP contribution in [0.4, 0.5) is 0 Å². The highest BCUT2D eigenvalue weighted by Gasteiger charge is 2.36. The fourth-order valence-corrected chi connectivity index (χ4v) is 4.48. The summed E-state index contributed by atoms with van der Waals surface area (Å²) in [6, 6.07) is 7.27. The van der Waals surface area contributed by atoms with Crippen molar-refractivity contribution in [1.82, 2.24) is 9.47 Å². The lowest BCUT2D eigenvalue weighted by atomic mass is 10.0. The van der Waals surface area contributed by atoms with Gasteiger partial charge in [-0.05, 0) is 63.1 Å². The SMILES string of the molecule is COCCCN1C(=O)/C(=C\c2cc(C)n(-c3ccc(Cl)cc3Cl)c2C)C(C(=O)OC)=C1C. The standard InChI is InChI=1S/C24H26Cl2N2O4/c1-14-11-17(15(2)28(14)21-8-7-18(25)13-20(21)26)12-19-22(24(30)32-5)16(3)27(23(19)29)9-6-10-31-4/h7-8,11-13H,6,9-10H2,1-5H3/b19-12-. The number of methoxy groups -OCH3 is 2. The van der Waals surface area contributed by atoms with E-state index in [4.69, 9.17) is 32.7 Å². The summed E-state index contributed by atoms with van der Waals surface area (Å²) in [6.45, 7) is 6.63. The van der Waals surface area contributed by atoms with E-state index in [1.165, 1.54) is 7.11 Å². The van der Waals surface area contributed by atoms with E-state index in [1.54, 1.807) is 37.1 Å². The Labute approximate surface area is 198 Å². The Bertz CT molecular complexity index is 1130. The largest absolute Gasteiger partial charge is 0.465 e. The van der Waals surface area contributed by atoms with Crippen LogP contribution in [0.15, 0.2) is 41.1 Å².